The Balaban J connectivity index is 4.73. The van der Waals surface area contributed by atoms with Crippen molar-refractivity contribution in [1.82, 2.24) is 0 Å². The van der Waals surface area contributed by atoms with E-state index in [1.54, 1.807) is 0 Å². The summed E-state index contributed by atoms with van der Waals surface area (Å²) in [5.74, 6) is -0.767. The Labute approximate surface area is 77.4 Å². The highest BCUT2D eigenvalue weighted by Crippen LogP contribution is 2.22. The molecule has 5 nitrogen and oxygen atoms in total. The largest absolute Gasteiger partial charge is 0.366 e. The maximum absolute atomic E-state index is 10.8. The number of rotatable bonds is 4. The van der Waals surface area contributed by atoms with Gasteiger partial charge in [0.05, 0.1) is 4.75 Å². The van der Waals surface area contributed by atoms with Gasteiger partial charge in [-0.3, -0.25) is 9.35 Å². The maximum atomic E-state index is 10.8. The molecule has 3 N–H and O–H groups in total. The first-order valence-electron chi connectivity index (χ1n) is 3.52. The molecule has 0 unspecified atom stereocenters. The van der Waals surface area contributed by atoms with E-state index in [0.29, 0.717) is 0 Å². The molecule has 0 atom stereocenters. The van der Waals surface area contributed by atoms with Crippen molar-refractivity contribution in [3.8, 4) is 0 Å². The van der Waals surface area contributed by atoms with E-state index < -0.39 is 20.8 Å². The molecule has 0 aromatic heterocycles. The van der Waals surface area contributed by atoms with Crippen LogP contribution in [-0.2, 0) is 14.9 Å². The number of primary amides is 1. The smallest absolute Gasteiger partial charge is 0.270 e. The summed E-state index contributed by atoms with van der Waals surface area (Å²) in [6, 6.07) is 0. The second-order valence-electron chi connectivity index (χ2n) is 3.38. The molecule has 0 aliphatic carbocycles. The minimum absolute atomic E-state index is 0.0253. The number of amides is 1. The summed E-state index contributed by atoms with van der Waals surface area (Å²) in [6.07, 6.45) is -0.179. The van der Waals surface area contributed by atoms with E-state index in [0.717, 1.165) is 0 Å². The van der Waals surface area contributed by atoms with Gasteiger partial charge in [0.1, 0.15) is 0 Å². The number of carbonyl (C=O) groups is 1. The van der Waals surface area contributed by atoms with E-state index in [2.05, 4.69) is 6.58 Å². The molecule has 0 aromatic rings. The van der Waals surface area contributed by atoms with Gasteiger partial charge in [-0.25, -0.2) is 0 Å². The van der Waals surface area contributed by atoms with Crippen LogP contribution in [0.5, 0.6) is 0 Å². The third kappa shape index (κ3) is 3.16. The molecule has 0 fully saturated rings. The third-order valence-corrected chi connectivity index (χ3v) is 3.23. The molecule has 76 valence electrons. The Morgan fingerprint density at radius 2 is 1.92 bits per heavy atom. The molecular weight excluding hydrogens is 194 g/mol. The third-order valence-electron chi connectivity index (χ3n) is 1.69. The van der Waals surface area contributed by atoms with E-state index in [1.807, 2.05) is 0 Å². The van der Waals surface area contributed by atoms with Crippen LogP contribution in [-0.4, -0.2) is 23.6 Å². The second-order valence-corrected chi connectivity index (χ2v) is 5.43. The molecule has 6 heteroatoms. The number of hydrogen-bond donors (Lipinski definition) is 2. The summed E-state index contributed by atoms with van der Waals surface area (Å²) in [7, 11) is -4.20. The van der Waals surface area contributed by atoms with Crippen LogP contribution in [0.3, 0.4) is 0 Å². The van der Waals surface area contributed by atoms with Crippen LogP contribution >= 0.6 is 0 Å². The quantitative estimate of drug-likeness (QED) is 0.504. The van der Waals surface area contributed by atoms with Crippen LogP contribution in [0.2, 0.25) is 0 Å². The summed E-state index contributed by atoms with van der Waals surface area (Å²) < 4.78 is 28.9. The van der Waals surface area contributed by atoms with Crippen molar-refractivity contribution in [2.45, 2.75) is 25.0 Å². The van der Waals surface area contributed by atoms with Crippen LogP contribution in [0.15, 0.2) is 12.2 Å². The zero-order chi connectivity index (χ0) is 10.9. The summed E-state index contributed by atoms with van der Waals surface area (Å²) in [4.78, 5) is 10.6. The van der Waals surface area contributed by atoms with Crippen LogP contribution < -0.4 is 5.73 Å². The van der Waals surface area contributed by atoms with E-state index in [9.17, 15) is 13.2 Å². The fourth-order valence-corrected chi connectivity index (χ4v) is 1.05. The zero-order valence-corrected chi connectivity index (χ0v) is 8.39. The first-order valence-corrected chi connectivity index (χ1v) is 4.96. The standard InChI is InChI=1S/C7H13NO4S/c1-5(6(8)9)4-7(2,3)13(10,11)12/h1,4H2,2-3H3,(H2,8,9)(H,10,11,12). The van der Waals surface area contributed by atoms with Crippen LogP contribution in [0.1, 0.15) is 20.3 Å². The highest BCUT2D eigenvalue weighted by atomic mass is 32.2. The van der Waals surface area contributed by atoms with E-state index in [-0.39, 0.29) is 12.0 Å². The first-order chi connectivity index (χ1) is 5.58. The molecule has 0 radical (unpaired) electrons. The van der Waals surface area contributed by atoms with E-state index in [1.165, 1.54) is 13.8 Å². The van der Waals surface area contributed by atoms with Crippen LogP contribution in [0.4, 0.5) is 0 Å². The molecule has 1 amide bonds. The Bertz CT molecular complexity index is 328. The van der Waals surface area contributed by atoms with Gasteiger partial charge in [-0.2, -0.15) is 8.42 Å². The monoisotopic (exact) mass is 207 g/mol. The van der Waals surface area contributed by atoms with Gasteiger partial charge in [0.15, 0.2) is 0 Å². The van der Waals surface area contributed by atoms with Crippen molar-refractivity contribution in [3.63, 3.8) is 0 Å². The van der Waals surface area contributed by atoms with Gasteiger partial charge >= 0.3 is 0 Å². The lowest BCUT2D eigenvalue weighted by molar-refractivity contribution is -0.114. The predicted molar refractivity (Wildman–Crippen MR) is 48.6 cm³/mol. The van der Waals surface area contributed by atoms with E-state index >= 15 is 0 Å². The molecule has 0 heterocycles. The van der Waals surface area contributed by atoms with Gasteiger partial charge in [0, 0.05) is 5.57 Å². The average Bonchev–Trinajstić information content (AvgIpc) is 1.83. The van der Waals surface area contributed by atoms with Crippen molar-refractivity contribution in [2.24, 2.45) is 5.73 Å². The van der Waals surface area contributed by atoms with Gasteiger partial charge in [0.25, 0.3) is 10.1 Å². The van der Waals surface area contributed by atoms with Crippen molar-refractivity contribution < 1.29 is 17.8 Å². The minimum Gasteiger partial charge on any atom is -0.366 e. The molecule has 0 saturated carbocycles. The average molecular weight is 207 g/mol. The topological polar surface area (TPSA) is 97.5 Å². The maximum Gasteiger partial charge on any atom is 0.270 e. The van der Waals surface area contributed by atoms with Crippen LogP contribution in [0.25, 0.3) is 0 Å². The Morgan fingerprint density at radius 1 is 1.54 bits per heavy atom. The van der Waals surface area contributed by atoms with Crippen molar-refractivity contribution in [1.29, 1.82) is 0 Å². The molecule has 0 rings (SSSR count). The predicted octanol–water partition coefficient (Wildman–Crippen LogP) is 0.0844. The molecular formula is C7H13NO4S. The summed E-state index contributed by atoms with van der Waals surface area (Å²) in [5.41, 5.74) is 4.85. The lowest BCUT2D eigenvalue weighted by atomic mass is 10.0. The molecule has 0 spiro atoms. The SMILES string of the molecule is C=C(CC(C)(C)S(=O)(=O)O)C(N)=O. The summed E-state index contributed by atoms with van der Waals surface area (Å²) >= 11 is 0. The molecule has 0 bridgehead atoms. The van der Waals surface area contributed by atoms with Crippen molar-refractivity contribution in [2.75, 3.05) is 0 Å². The van der Waals surface area contributed by atoms with Gasteiger partial charge in [0.2, 0.25) is 5.91 Å². The lowest BCUT2D eigenvalue weighted by Gasteiger charge is -2.20. The first kappa shape index (κ1) is 12.1. The van der Waals surface area contributed by atoms with Gasteiger partial charge in [-0.1, -0.05) is 6.58 Å². The molecule has 0 aliphatic rings. The van der Waals surface area contributed by atoms with Crippen molar-refractivity contribution in [3.05, 3.63) is 12.2 Å². The summed E-state index contributed by atoms with van der Waals surface area (Å²) in [5, 5.41) is 0. The highest BCUT2D eigenvalue weighted by molar-refractivity contribution is 7.87. The minimum atomic E-state index is -4.20. The summed E-state index contributed by atoms with van der Waals surface area (Å²) in [6.45, 7) is 5.88. The Kier molecular flexibility index (Phi) is 3.23. The zero-order valence-electron chi connectivity index (χ0n) is 7.57. The van der Waals surface area contributed by atoms with Gasteiger partial charge in [-0.15, -0.1) is 0 Å². The Hall–Kier alpha value is -0.880. The fraction of sp³-hybridized carbons (Fsp3) is 0.571. The number of nitrogens with two attached hydrogens (primary N) is 1. The van der Waals surface area contributed by atoms with Crippen LogP contribution in [0, 0.1) is 0 Å². The fourth-order valence-electron chi connectivity index (χ4n) is 0.692. The van der Waals surface area contributed by atoms with Crippen molar-refractivity contribution >= 4 is 16.0 Å². The second kappa shape index (κ2) is 3.47. The van der Waals surface area contributed by atoms with Gasteiger partial charge in [-0.05, 0) is 20.3 Å². The highest BCUT2D eigenvalue weighted by Gasteiger charge is 2.33. The number of hydrogen-bond acceptors (Lipinski definition) is 3. The molecule has 0 saturated heterocycles. The molecule has 0 aliphatic heterocycles. The van der Waals surface area contributed by atoms with E-state index in [4.69, 9.17) is 10.3 Å². The van der Waals surface area contributed by atoms with Gasteiger partial charge < -0.3 is 5.73 Å². The number of carbonyl (C=O) groups excluding carboxylic acids is 1. The normalized spacial score (nSPS) is 12.5. The Morgan fingerprint density at radius 3 is 2.15 bits per heavy atom. The lowest BCUT2D eigenvalue weighted by Crippen LogP contribution is -2.33. The molecule has 13 heavy (non-hydrogen) atoms. The molecule has 0 aromatic carbocycles.